The van der Waals surface area contributed by atoms with E-state index in [1.54, 1.807) is 0 Å². The average molecular weight is 523 g/mol. The second kappa shape index (κ2) is 15.0. The maximum absolute atomic E-state index is 2.99. The van der Waals surface area contributed by atoms with Gasteiger partial charge in [-0.15, -0.1) is 47.0 Å². The molecule has 0 aromatic heterocycles. The summed E-state index contributed by atoms with van der Waals surface area (Å²) in [4.78, 5) is 0. The van der Waals surface area contributed by atoms with E-state index in [2.05, 4.69) is 116 Å². The van der Waals surface area contributed by atoms with Gasteiger partial charge >= 0.3 is 99.2 Å². The predicted octanol–water partition coefficient (Wildman–Crippen LogP) is 0.983. The molecule has 4 aromatic carbocycles. The fraction of sp³-hybridized carbons (Fsp3) is 0.0714. The number of allylic oxidation sites excluding steroid dienone is 4. The van der Waals surface area contributed by atoms with Crippen LogP contribution >= 0.6 is 0 Å². The van der Waals surface area contributed by atoms with Crippen molar-refractivity contribution < 1.29 is 49.0 Å². The molecule has 0 spiro atoms. The van der Waals surface area contributed by atoms with Crippen molar-refractivity contribution in [3.05, 3.63) is 138 Å². The van der Waals surface area contributed by atoms with E-state index in [1.165, 1.54) is 54.9 Å². The van der Waals surface area contributed by atoms with Crippen molar-refractivity contribution in [2.75, 3.05) is 0 Å². The van der Waals surface area contributed by atoms with Gasteiger partial charge in [0.1, 0.15) is 0 Å². The Hall–Kier alpha value is -1.92. The van der Waals surface area contributed by atoms with Gasteiger partial charge in [-0.1, -0.05) is 13.0 Å². The van der Waals surface area contributed by atoms with Crippen molar-refractivity contribution >= 4 is 14.0 Å². The molecule has 0 saturated carbocycles. The summed E-state index contributed by atoms with van der Waals surface area (Å²) in [6.45, 7) is 2.12. The number of hydrogen-bond acceptors (Lipinski definition) is 0. The van der Waals surface area contributed by atoms with Crippen molar-refractivity contribution in [2.24, 2.45) is 0 Å². The first-order chi connectivity index (χ1) is 14.2. The first-order valence-corrected chi connectivity index (χ1v) is 11.0. The number of rotatable bonds is 2. The van der Waals surface area contributed by atoms with E-state index >= 15 is 0 Å². The summed E-state index contributed by atoms with van der Waals surface area (Å²) in [5.41, 5.74) is 4.01. The minimum absolute atomic E-state index is 0. The van der Waals surface area contributed by atoms with Crippen LogP contribution in [0.5, 0.6) is 0 Å². The topological polar surface area (TPSA) is 0 Å². The van der Waals surface area contributed by atoms with Gasteiger partial charge in [0.25, 0.3) is 0 Å². The van der Waals surface area contributed by atoms with Crippen LogP contribution in [0, 0.1) is 13.0 Å². The Balaban J connectivity index is 0.000000248. The summed E-state index contributed by atoms with van der Waals surface area (Å²) in [7, 11) is 0. The van der Waals surface area contributed by atoms with E-state index in [0.717, 1.165) is 6.42 Å². The quantitative estimate of drug-likeness (QED) is 0.345. The van der Waals surface area contributed by atoms with Gasteiger partial charge in [0, 0.05) is 0 Å². The second-order valence-electron chi connectivity index (χ2n) is 6.77. The van der Waals surface area contributed by atoms with Gasteiger partial charge in [0.15, 0.2) is 0 Å². The fourth-order valence-corrected chi connectivity index (χ4v) is 3.84. The number of aryl methyl sites for hydroxylation is 1. The van der Waals surface area contributed by atoms with Gasteiger partial charge in [-0.25, -0.2) is 12.2 Å². The van der Waals surface area contributed by atoms with Gasteiger partial charge in [-0.3, -0.25) is 6.08 Å². The number of fused-ring (bicyclic) bond motifs is 1. The summed E-state index contributed by atoms with van der Waals surface area (Å²) in [6.07, 6.45) is 10.0. The number of benzene rings is 3. The van der Waals surface area contributed by atoms with Gasteiger partial charge in [0.05, 0.1) is 0 Å². The van der Waals surface area contributed by atoms with Crippen LogP contribution in [0.1, 0.15) is 23.1 Å². The zero-order valence-electron chi connectivity index (χ0n) is 17.4. The molecule has 0 radical (unpaired) electrons. The van der Waals surface area contributed by atoms with Crippen molar-refractivity contribution in [1.29, 1.82) is 0 Å². The van der Waals surface area contributed by atoms with Gasteiger partial charge in [-0.05, 0) is 0 Å². The molecule has 31 heavy (non-hydrogen) atoms. The molecule has 0 nitrogen and oxygen atoms in total. The van der Waals surface area contributed by atoms with Crippen molar-refractivity contribution in [2.45, 2.75) is 13.3 Å². The van der Waals surface area contributed by atoms with E-state index in [0.29, 0.717) is 0 Å². The van der Waals surface area contributed by atoms with Gasteiger partial charge < -0.3 is 24.8 Å². The van der Waals surface area contributed by atoms with E-state index in [4.69, 9.17) is 0 Å². The molecule has 156 valence electrons. The second-order valence-corrected chi connectivity index (χ2v) is 8.00. The third kappa shape index (κ3) is 9.00. The molecular weight excluding hydrogens is 498 g/mol. The molecule has 0 fully saturated rings. The fourth-order valence-electron chi connectivity index (χ4n) is 3.02. The predicted molar refractivity (Wildman–Crippen MR) is 122 cm³/mol. The van der Waals surface area contributed by atoms with E-state index < -0.39 is 0 Å². The van der Waals surface area contributed by atoms with Crippen molar-refractivity contribution in [3.8, 4) is 0 Å². The summed E-state index contributed by atoms with van der Waals surface area (Å²) >= 11 is 1.46. The first-order valence-electron chi connectivity index (χ1n) is 9.77. The molecule has 4 aromatic rings. The van der Waals surface area contributed by atoms with Crippen LogP contribution in [0.3, 0.4) is 0 Å². The molecule has 0 heterocycles. The van der Waals surface area contributed by atoms with Crippen molar-refractivity contribution in [1.82, 2.24) is 0 Å². The van der Waals surface area contributed by atoms with Crippen LogP contribution in [0.15, 0.2) is 115 Å². The summed E-state index contributed by atoms with van der Waals surface area (Å²) < 4.78 is 1.42. The number of hydrogen-bond donors (Lipinski definition) is 0. The summed E-state index contributed by atoms with van der Waals surface area (Å²) in [5, 5.41) is 2.69. The molecule has 0 bridgehead atoms. The van der Waals surface area contributed by atoms with E-state index in [-0.39, 0.29) is 24.8 Å². The molecule has 0 unspecified atom stereocenters. The van der Waals surface area contributed by atoms with E-state index in [9.17, 15) is 0 Å². The normalized spacial score (nSPS) is 10.7. The molecule has 0 atom stereocenters. The first kappa shape index (κ1) is 27.1. The van der Waals surface area contributed by atoms with Crippen LogP contribution < -0.4 is 24.8 Å². The Bertz CT molecular complexity index is 1010. The van der Waals surface area contributed by atoms with Crippen LogP contribution in [-0.4, -0.2) is 3.21 Å². The Morgan fingerprint density at radius 3 is 1.81 bits per heavy atom. The average Bonchev–Trinajstić information content (AvgIpc) is 3.47. The van der Waals surface area contributed by atoms with Gasteiger partial charge in [-0.2, -0.15) is 12.1 Å². The maximum atomic E-state index is 2.99. The zero-order valence-corrected chi connectivity index (χ0v) is 21.4. The van der Waals surface area contributed by atoms with Crippen molar-refractivity contribution in [3.63, 3.8) is 0 Å². The van der Waals surface area contributed by atoms with Crippen LogP contribution in [0.25, 0.3) is 10.8 Å². The van der Waals surface area contributed by atoms with Gasteiger partial charge in [0.2, 0.25) is 0 Å². The monoisotopic (exact) mass is 520 g/mol. The van der Waals surface area contributed by atoms with E-state index in [1.807, 2.05) is 12.2 Å². The molecule has 0 amide bonds. The Labute approximate surface area is 213 Å². The Morgan fingerprint density at radius 1 is 0.806 bits per heavy atom. The molecule has 0 aliphatic heterocycles. The van der Waals surface area contributed by atoms with Crippen LogP contribution in [-0.2, 0) is 24.2 Å². The molecular formula is C28H24Cl2Zr-2. The summed E-state index contributed by atoms with van der Waals surface area (Å²) in [5.74, 6) is 0. The minimum atomic E-state index is 0. The SMILES string of the molecule is Cc1cc2ccccc2[cH-]1.[C-]1=CC=CC1.[Cl-].[Cl-].[Zr+2]=[C](c1ccccc1)c1ccccc1. The molecule has 0 saturated heterocycles. The third-order valence-corrected chi connectivity index (χ3v) is 5.89. The molecule has 5 rings (SSSR count). The standard InChI is InChI=1S/C13H10.C10H9.C5H5.2ClH.Zr/c1-3-7-12(8-4-1)11-13-9-5-2-6-10-13;1-8-6-9-4-2-3-5-10(9)7-8;1-2-4-5-3-1;;;/h1-10H;2-7H,1H3;1-3H,4H2;2*1H;/q;2*-1;;;+2/p-2. The summed E-state index contributed by atoms with van der Waals surface area (Å²) in [6, 6.07) is 33.9. The zero-order chi connectivity index (χ0) is 20.3. The van der Waals surface area contributed by atoms with Crippen LogP contribution in [0.4, 0.5) is 0 Å². The molecule has 3 heteroatoms. The number of halogens is 2. The molecule has 1 aliphatic carbocycles. The third-order valence-electron chi connectivity index (χ3n) is 4.47. The Morgan fingerprint density at radius 2 is 1.35 bits per heavy atom. The Kier molecular flexibility index (Phi) is 13.1. The molecule has 1 aliphatic rings. The van der Waals surface area contributed by atoms with Crippen LogP contribution in [0.2, 0.25) is 0 Å². The molecule has 0 N–H and O–H groups in total.